The summed E-state index contributed by atoms with van der Waals surface area (Å²) in [6, 6.07) is 3.52. The molecule has 2 aromatic heterocycles. The lowest BCUT2D eigenvalue weighted by Gasteiger charge is -2.20. The van der Waals surface area contributed by atoms with Crippen LogP contribution in [0.2, 0.25) is 0 Å². The van der Waals surface area contributed by atoms with Crippen molar-refractivity contribution >= 4 is 29.0 Å². The molecule has 138 valence electrons. The Balaban J connectivity index is 2.34. The van der Waals surface area contributed by atoms with E-state index in [1.54, 1.807) is 43.7 Å². The minimum atomic E-state index is -0.496. The van der Waals surface area contributed by atoms with Crippen LogP contribution in [-0.4, -0.2) is 47.3 Å². The third-order valence-electron chi connectivity index (χ3n) is 4.29. The van der Waals surface area contributed by atoms with Crippen molar-refractivity contribution in [2.75, 3.05) is 20.2 Å². The maximum absolute atomic E-state index is 12.9. The van der Waals surface area contributed by atoms with Crippen molar-refractivity contribution in [3.63, 3.8) is 0 Å². The minimum Gasteiger partial charge on any atom is -0.464 e. The van der Waals surface area contributed by atoms with Crippen molar-refractivity contribution in [1.29, 1.82) is 0 Å². The molecule has 0 atom stereocenters. The number of rotatable bonds is 7. The highest BCUT2D eigenvalue weighted by Crippen LogP contribution is 2.23. The van der Waals surface area contributed by atoms with Crippen LogP contribution in [-0.2, 0) is 11.8 Å². The van der Waals surface area contributed by atoms with Crippen LogP contribution in [0.25, 0.3) is 0 Å². The smallest absolute Gasteiger partial charge is 0.354 e. The van der Waals surface area contributed by atoms with Gasteiger partial charge in [0.25, 0.3) is 5.91 Å². The van der Waals surface area contributed by atoms with E-state index in [1.807, 2.05) is 5.38 Å². The topological polar surface area (TPSA) is 68.6 Å². The van der Waals surface area contributed by atoms with E-state index in [0.717, 1.165) is 0 Å². The number of Topliss-reactive ketones (excluding diaryl/α,β-unsaturated/α-hetero) is 1. The standard InChI is InChI=1S/C19H22N2O4S/c1-6-9-21(18(23)15-8-7-10-26-15)11-14(22)16-12(2)17(19(24)25-5)20(4)13(16)3/h6-8,10H,1,9,11H2,2-5H3. The summed E-state index contributed by atoms with van der Waals surface area (Å²) in [6.45, 7) is 7.32. The van der Waals surface area contributed by atoms with Gasteiger partial charge in [0.05, 0.1) is 18.5 Å². The van der Waals surface area contributed by atoms with E-state index in [-0.39, 0.29) is 24.8 Å². The fraction of sp³-hybridized carbons (Fsp3) is 0.316. The van der Waals surface area contributed by atoms with Gasteiger partial charge in [-0.05, 0) is 30.9 Å². The van der Waals surface area contributed by atoms with Crippen LogP contribution >= 0.6 is 11.3 Å². The van der Waals surface area contributed by atoms with Crippen LogP contribution in [0.5, 0.6) is 0 Å². The van der Waals surface area contributed by atoms with E-state index in [4.69, 9.17) is 4.74 Å². The van der Waals surface area contributed by atoms with Crippen LogP contribution in [0.4, 0.5) is 0 Å². The van der Waals surface area contributed by atoms with Gasteiger partial charge in [0.1, 0.15) is 5.69 Å². The largest absolute Gasteiger partial charge is 0.464 e. The first-order valence-electron chi connectivity index (χ1n) is 8.04. The lowest BCUT2D eigenvalue weighted by atomic mass is 10.1. The number of amides is 1. The maximum atomic E-state index is 12.9. The second-order valence-electron chi connectivity index (χ2n) is 5.86. The van der Waals surface area contributed by atoms with Crippen molar-refractivity contribution in [2.45, 2.75) is 13.8 Å². The monoisotopic (exact) mass is 374 g/mol. The molecular weight excluding hydrogens is 352 g/mol. The molecule has 2 aromatic rings. The predicted octanol–water partition coefficient (Wildman–Crippen LogP) is 3.00. The Morgan fingerprint density at radius 3 is 2.58 bits per heavy atom. The van der Waals surface area contributed by atoms with E-state index in [0.29, 0.717) is 27.4 Å². The highest BCUT2D eigenvalue weighted by molar-refractivity contribution is 7.12. The number of ketones is 1. The summed E-state index contributed by atoms with van der Waals surface area (Å²) in [7, 11) is 3.01. The first kappa shape index (κ1) is 19.7. The normalized spacial score (nSPS) is 10.5. The van der Waals surface area contributed by atoms with Gasteiger partial charge >= 0.3 is 5.97 Å². The van der Waals surface area contributed by atoms with Gasteiger partial charge in [0, 0.05) is 24.8 Å². The summed E-state index contributed by atoms with van der Waals surface area (Å²) in [5.74, 6) is -0.935. The Hall–Kier alpha value is -2.67. The lowest BCUT2D eigenvalue weighted by Crippen LogP contribution is -2.35. The summed E-state index contributed by atoms with van der Waals surface area (Å²) in [4.78, 5) is 39.6. The van der Waals surface area contributed by atoms with Gasteiger partial charge < -0.3 is 14.2 Å². The number of carbonyl (C=O) groups excluding carboxylic acids is 3. The van der Waals surface area contributed by atoms with E-state index in [1.165, 1.54) is 23.3 Å². The zero-order chi connectivity index (χ0) is 19.4. The fourth-order valence-electron chi connectivity index (χ4n) is 2.96. The van der Waals surface area contributed by atoms with Crippen molar-refractivity contribution < 1.29 is 19.1 Å². The first-order chi connectivity index (χ1) is 12.3. The Morgan fingerprint density at radius 2 is 2.04 bits per heavy atom. The number of hydrogen-bond acceptors (Lipinski definition) is 5. The summed E-state index contributed by atoms with van der Waals surface area (Å²) in [5.41, 5.74) is 2.01. The van der Waals surface area contributed by atoms with Gasteiger partial charge in [-0.3, -0.25) is 9.59 Å². The van der Waals surface area contributed by atoms with Crippen molar-refractivity contribution in [3.05, 3.63) is 57.6 Å². The molecule has 0 saturated heterocycles. The average molecular weight is 374 g/mol. The van der Waals surface area contributed by atoms with Crippen LogP contribution < -0.4 is 0 Å². The zero-order valence-electron chi connectivity index (χ0n) is 15.4. The number of ether oxygens (including phenoxy) is 1. The number of aromatic nitrogens is 1. The predicted molar refractivity (Wildman–Crippen MR) is 101 cm³/mol. The quantitative estimate of drug-likeness (QED) is 0.424. The molecule has 0 saturated carbocycles. The Morgan fingerprint density at radius 1 is 1.35 bits per heavy atom. The Labute approximate surface area is 156 Å². The Kier molecular flexibility index (Phi) is 6.15. The van der Waals surface area contributed by atoms with E-state index >= 15 is 0 Å². The molecule has 0 bridgehead atoms. The molecule has 6 nitrogen and oxygen atoms in total. The van der Waals surface area contributed by atoms with Gasteiger partial charge in [-0.2, -0.15) is 0 Å². The maximum Gasteiger partial charge on any atom is 0.354 e. The van der Waals surface area contributed by atoms with Crippen LogP contribution in [0.1, 0.15) is 41.8 Å². The summed E-state index contributed by atoms with van der Waals surface area (Å²) in [6.07, 6.45) is 1.59. The van der Waals surface area contributed by atoms with Crippen LogP contribution in [0, 0.1) is 13.8 Å². The molecular formula is C19H22N2O4S. The van der Waals surface area contributed by atoms with Gasteiger partial charge in [-0.15, -0.1) is 17.9 Å². The van der Waals surface area contributed by atoms with Gasteiger partial charge in [-0.1, -0.05) is 12.1 Å². The second kappa shape index (κ2) is 8.14. The molecule has 2 heterocycles. The fourth-order valence-corrected chi connectivity index (χ4v) is 3.65. The molecule has 0 aliphatic heterocycles. The van der Waals surface area contributed by atoms with Gasteiger partial charge in [-0.25, -0.2) is 4.79 Å². The summed E-state index contributed by atoms with van der Waals surface area (Å²) >= 11 is 1.33. The van der Waals surface area contributed by atoms with Gasteiger partial charge in [0.15, 0.2) is 5.78 Å². The SMILES string of the molecule is C=CCN(CC(=O)c1c(C)c(C(=O)OC)n(C)c1C)C(=O)c1cccs1. The van der Waals surface area contributed by atoms with E-state index in [2.05, 4.69) is 6.58 Å². The highest BCUT2D eigenvalue weighted by atomic mass is 32.1. The molecule has 0 N–H and O–H groups in total. The minimum absolute atomic E-state index is 0.0882. The number of methoxy groups -OCH3 is 1. The molecule has 26 heavy (non-hydrogen) atoms. The molecule has 0 spiro atoms. The molecule has 2 rings (SSSR count). The number of carbonyl (C=O) groups is 3. The molecule has 0 fully saturated rings. The Bertz CT molecular complexity index is 850. The van der Waals surface area contributed by atoms with Crippen molar-refractivity contribution in [3.8, 4) is 0 Å². The highest BCUT2D eigenvalue weighted by Gasteiger charge is 2.27. The van der Waals surface area contributed by atoms with Crippen LogP contribution in [0.3, 0.4) is 0 Å². The first-order valence-corrected chi connectivity index (χ1v) is 8.92. The third-order valence-corrected chi connectivity index (χ3v) is 5.15. The molecule has 0 unspecified atom stereocenters. The summed E-state index contributed by atoms with van der Waals surface area (Å²) < 4.78 is 6.45. The molecule has 7 heteroatoms. The molecule has 0 aliphatic rings. The second-order valence-corrected chi connectivity index (χ2v) is 6.81. The number of thiophene rings is 1. The number of hydrogen-bond donors (Lipinski definition) is 0. The third kappa shape index (κ3) is 3.62. The van der Waals surface area contributed by atoms with Crippen molar-refractivity contribution in [1.82, 2.24) is 9.47 Å². The van der Waals surface area contributed by atoms with E-state index < -0.39 is 5.97 Å². The van der Waals surface area contributed by atoms with Gasteiger partial charge in [0.2, 0.25) is 0 Å². The van der Waals surface area contributed by atoms with Crippen LogP contribution in [0.15, 0.2) is 30.2 Å². The molecule has 0 aromatic carbocycles. The molecule has 0 radical (unpaired) electrons. The van der Waals surface area contributed by atoms with Crippen molar-refractivity contribution in [2.24, 2.45) is 7.05 Å². The number of nitrogens with zero attached hydrogens (tertiary/aromatic N) is 2. The van der Waals surface area contributed by atoms with E-state index in [9.17, 15) is 14.4 Å². The molecule has 0 aliphatic carbocycles. The number of esters is 1. The zero-order valence-corrected chi connectivity index (χ0v) is 16.2. The molecule has 1 amide bonds. The average Bonchev–Trinajstić information content (AvgIpc) is 3.21. The summed E-state index contributed by atoms with van der Waals surface area (Å²) in [5, 5.41) is 1.81. The lowest BCUT2D eigenvalue weighted by molar-refractivity contribution is 0.0588.